The molecule has 1 amide bonds. The molecular weight excluding hydrogens is 295 g/mol. The molecule has 1 unspecified atom stereocenters. The fourth-order valence-corrected chi connectivity index (χ4v) is 1.72. The van der Waals surface area contributed by atoms with Gasteiger partial charge in [0.25, 0.3) is 0 Å². The van der Waals surface area contributed by atoms with Gasteiger partial charge in [-0.3, -0.25) is 4.79 Å². The summed E-state index contributed by atoms with van der Waals surface area (Å²) in [6.07, 6.45) is -1.18. The molecule has 0 heterocycles. The lowest BCUT2D eigenvalue weighted by Crippen LogP contribution is -2.37. The smallest absolute Gasteiger partial charge is 0.247 e. The third kappa shape index (κ3) is 4.09. The molecule has 6 heteroatoms. The SMILES string of the molecule is NC(=O)C(O)CNCc1cc(Br)ccc1Cl. The van der Waals surface area contributed by atoms with Crippen molar-refractivity contribution in [1.29, 1.82) is 0 Å². The van der Waals surface area contributed by atoms with Gasteiger partial charge in [0.2, 0.25) is 5.91 Å². The molecule has 0 aromatic heterocycles. The van der Waals surface area contributed by atoms with Gasteiger partial charge in [-0.25, -0.2) is 0 Å². The average Bonchev–Trinajstić information content (AvgIpc) is 2.22. The molecule has 0 radical (unpaired) electrons. The van der Waals surface area contributed by atoms with Crippen molar-refractivity contribution in [3.8, 4) is 0 Å². The first-order valence-corrected chi connectivity index (χ1v) is 5.80. The summed E-state index contributed by atoms with van der Waals surface area (Å²) in [5, 5.41) is 12.7. The maximum Gasteiger partial charge on any atom is 0.247 e. The van der Waals surface area contributed by atoms with E-state index in [-0.39, 0.29) is 6.54 Å². The van der Waals surface area contributed by atoms with Gasteiger partial charge in [-0.05, 0) is 23.8 Å². The maximum absolute atomic E-state index is 10.6. The first-order chi connectivity index (χ1) is 7.50. The molecule has 0 aliphatic carbocycles. The number of amides is 1. The molecule has 1 aromatic carbocycles. The Morgan fingerprint density at radius 1 is 1.62 bits per heavy atom. The molecular formula is C10H12BrClN2O2. The fourth-order valence-electron chi connectivity index (χ4n) is 1.12. The van der Waals surface area contributed by atoms with Gasteiger partial charge in [0.15, 0.2) is 0 Å². The molecule has 16 heavy (non-hydrogen) atoms. The summed E-state index contributed by atoms with van der Waals surface area (Å²) in [4.78, 5) is 10.6. The van der Waals surface area contributed by atoms with Crippen molar-refractivity contribution in [1.82, 2.24) is 5.32 Å². The quantitative estimate of drug-likeness (QED) is 0.761. The van der Waals surface area contributed by atoms with E-state index in [9.17, 15) is 4.79 Å². The molecule has 1 rings (SSSR count). The lowest BCUT2D eigenvalue weighted by molar-refractivity contribution is -0.125. The molecule has 1 aromatic rings. The topological polar surface area (TPSA) is 75.4 Å². The van der Waals surface area contributed by atoms with Gasteiger partial charge in [-0.1, -0.05) is 27.5 Å². The van der Waals surface area contributed by atoms with Gasteiger partial charge in [-0.15, -0.1) is 0 Å². The summed E-state index contributed by atoms with van der Waals surface area (Å²) in [5.74, 6) is -0.743. The van der Waals surface area contributed by atoms with Crippen LogP contribution in [0.15, 0.2) is 22.7 Å². The Labute approximate surface area is 107 Å². The summed E-state index contributed by atoms with van der Waals surface area (Å²) < 4.78 is 0.921. The minimum Gasteiger partial charge on any atom is -0.382 e. The van der Waals surface area contributed by atoms with E-state index in [0.29, 0.717) is 11.6 Å². The monoisotopic (exact) mass is 306 g/mol. The lowest BCUT2D eigenvalue weighted by Gasteiger charge is -2.09. The number of rotatable bonds is 5. The van der Waals surface area contributed by atoms with E-state index in [4.69, 9.17) is 22.4 Å². The summed E-state index contributed by atoms with van der Waals surface area (Å²) in [7, 11) is 0. The maximum atomic E-state index is 10.6. The van der Waals surface area contributed by atoms with E-state index < -0.39 is 12.0 Å². The number of carbonyl (C=O) groups is 1. The van der Waals surface area contributed by atoms with Crippen LogP contribution >= 0.6 is 27.5 Å². The Balaban J connectivity index is 2.48. The number of nitrogens with one attached hydrogen (secondary N) is 1. The number of carbonyl (C=O) groups excluding carboxylic acids is 1. The van der Waals surface area contributed by atoms with Gasteiger partial charge in [-0.2, -0.15) is 0 Å². The van der Waals surface area contributed by atoms with Crippen LogP contribution in [0.25, 0.3) is 0 Å². The Kier molecular flexibility index (Phi) is 5.21. The molecule has 88 valence electrons. The second-order valence-corrected chi connectivity index (χ2v) is 4.61. The number of hydrogen-bond acceptors (Lipinski definition) is 3. The molecule has 0 spiro atoms. The van der Waals surface area contributed by atoms with E-state index >= 15 is 0 Å². The minimum atomic E-state index is -1.18. The molecule has 0 aliphatic heterocycles. The summed E-state index contributed by atoms with van der Waals surface area (Å²) in [6, 6.07) is 5.48. The highest BCUT2D eigenvalue weighted by Gasteiger charge is 2.10. The first-order valence-electron chi connectivity index (χ1n) is 4.62. The molecule has 1 atom stereocenters. The molecule has 4 nitrogen and oxygen atoms in total. The van der Waals surface area contributed by atoms with E-state index in [2.05, 4.69) is 21.2 Å². The standard InChI is InChI=1S/C10H12BrClN2O2/c11-7-1-2-8(12)6(3-7)4-14-5-9(15)10(13)16/h1-3,9,14-15H,4-5H2,(H2,13,16). The zero-order valence-corrected chi connectivity index (χ0v) is 10.8. The van der Waals surface area contributed by atoms with E-state index in [0.717, 1.165) is 10.0 Å². The van der Waals surface area contributed by atoms with Gasteiger partial charge in [0, 0.05) is 22.6 Å². The van der Waals surface area contributed by atoms with E-state index in [1.807, 2.05) is 12.1 Å². The van der Waals surface area contributed by atoms with E-state index in [1.54, 1.807) is 6.07 Å². The van der Waals surface area contributed by atoms with Gasteiger partial charge in [0.1, 0.15) is 6.10 Å². The van der Waals surface area contributed by atoms with Crippen molar-refractivity contribution < 1.29 is 9.90 Å². The Hall–Kier alpha value is -0.620. The number of hydrogen-bond donors (Lipinski definition) is 3. The van der Waals surface area contributed by atoms with Crippen molar-refractivity contribution in [3.63, 3.8) is 0 Å². The molecule has 0 saturated carbocycles. The van der Waals surface area contributed by atoms with Crippen LogP contribution < -0.4 is 11.1 Å². The fraction of sp³-hybridized carbons (Fsp3) is 0.300. The second kappa shape index (κ2) is 6.20. The van der Waals surface area contributed by atoms with E-state index in [1.165, 1.54) is 0 Å². The minimum absolute atomic E-state index is 0.109. The lowest BCUT2D eigenvalue weighted by atomic mass is 10.2. The first kappa shape index (κ1) is 13.4. The average molecular weight is 308 g/mol. The molecule has 0 saturated heterocycles. The van der Waals surface area contributed by atoms with Crippen LogP contribution in [-0.2, 0) is 11.3 Å². The third-order valence-corrected chi connectivity index (χ3v) is 2.85. The van der Waals surface area contributed by atoms with Crippen LogP contribution in [-0.4, -0.2) is 23.7 Å². The van der Waals surface area contributed by atoms with Crippen LogP contribution in [0, 0.1) is 0 Å². The van der Waals surface area contributed by atoms with Crippen molar-refractivity contribution in [3.05, 3.63) is 33.3 Å². The third-order valence-electron chi connectivity index (χ3n) is 1.99. The summed E-state index contributed by atoms with van der Waals surface area (Å²) >= 11 is 9.29. The second-order valence-electron chi connectivity index (χ2n) is 3.28. The van der Waals surface area contributed by atoms with Crippen LogP contribution in [0.3, 0.4) is 0 Å². The number of aliphatic hydroxyl groups excluding tert-OH is 1. The normalized spacial score (nSPS) is 12.4. The predicted octanol–water partition coefficient (Wildman–Crippen LogP) is 1.04. The molecule has 0 fully saturated rings. The number of benzene rings is 1. The van der Waals surface area contributed by atoms with Gasteiger partial charge >= 0.3 is 0 Å². The van der Waals surface area contributed by atoms with Crippen LogP contribution in [0.2, 0.25) is 5.02 Å². The zero-order valence-electron chi connectivity index (χ0n) is 8.41. The number of halogens is 2. The number of primary amides is 1. The van der Waals surface area contributed by atoms with Crippen molar-refractivity contribution in [2.75, 3.05) is 6.54 Å². The van der Waals surface area contributed by atoms with Crippen LogP contribution in [0.4, 0.5) is 0 Å². The molecule has 0 bridgehead atoms. The Bertz CT molecular complexity index is 387. The highest BCUT2D eigenvalue weighted by atomic mass is 79.9. The van der Waals surface area contributed by atoms with Crippen molar-refractivity contribution in [2.45, 2.75) is 12.6 Å². The Morgan fingerprint density at radius 2 is 2.31 bits per heavy atom. The van der Waals surface area contributed by atoms with Crippen LogP contribution in [0.5, 0.6) is 0 Å². The van der Waals surface area contributed by atoms with Crippen LogP contribution in [0.1, 0.15) is 5.56 Å². The largest absolute Gasteiger partial charge is 0.382 e. The zero-order chi connectivity index (χ0) is 12.1. The van der Waals surface area contributed by atoms with Crippen molar-refractivity contribution >= 4 is 33.4 Å². The highest BCUT2D eigenvalue weighted by Crippen LogP contribution is 2.20. The molecule has 0 aliphatic rings. The Morgan fingerprint density at radius 3 is 2.94 bits per heavy atom. The van der Waals surface area contributed by atoms with Gasteiger partial charge < -0.3 is 16.2 Å². The van der Waals surface area contributed by atoms with Gasteiger partial charge in [0.05, 0.1) is 0 Å². The highest BCUT2D eigenvalue weighted by molar-refractivity contribution is 9.10. The number of aliphatic hydroxyl groups is 1. The summed E-state index contributed by atoms with van der Waals surface area (Å²) in [6.45, 7) is 0.570. The van der Waals surface area contributed by atoms with Crippen molar-refractivity contribution in [2.24, 2.45) is 5.73 Å². The number of nitrogens with two attached hydrogens (primary N) is 1. The predicted molar refractivity (Wildman–Crippen MR) is 66.1 cm³/mol. The molecule has 4 N–H and O–H groups in total. The summed E-state index contributed by atoms with van der Waals surface area (Å²) in [5.41, 5.74) is 5.79.